The second-order valence-corrected chi connectivity index (χ2v) is 11.1. The number of aromatic nitrogens is 2. The van der Waals surface area contributed by atoms with E-state index in [1.54, 1.807) is 4.90 Å². The molecule has 1 aromatic heterocycles. The molecule has 1 fully saturated rings. The minimum Gasteiger partial charge on any atom is -0.481 e. The fraction of sp³-hybridized carbons (Fsp3) is 0.500. The SMILES string of the molecule is COC(=O)N1CCc2ccc3c(nc([C@H]4CC[C@H](C(=O)O)CC4)n3C[C@@H]3CCc4ccccc4C3)c2C1. The molecule has 0 saturated heterocycles. The molecule has 0 bridgehead atoms. The fourth-order valence-electron chi connectivity index (χ4n) is 6.82. The van der Waals surface area contributed by atoms with E-state index in [-0.39, 0.29) is 17.9 Å². The average Bonchev–Trinajstić information content (AvgIpc) is 3.30. The predicted octanol–water partition coefficient (Wildman–Crippen LogP) is 5.32. The number of hydrogen-bond donors (Lipinski definition) is 1. The molecule has 37 heavy (non-hydrogen) atoms. The first-order valence-electron chi connectivity index (χ1n) is 13.6. The summed E-state index contributed by atoms with van der Waals surface area (Å²) in [4.78, 5) is 30.9. The maximum absolute atomic E-state index is 12.3. The largest absolute Gasteiger partial charge is 0.481 e. The number of carbonyl (C=O) groups is 2. The molecule has 0 unspecified atom stereocenters. The van der Waals surface area contributed by atoms with Gasteiger partial charge in [0.05, 0.1) is 30.6 Å². The first-order chi connectivity index (χ1) is 18.0. The van der Waals surface area contributed by atoms with Crippen LogP contribution in [0.25, 0.3) is 11.0 Å². The Hall–Kier alpha value is -3.35. The highest BCUT2D eigenvalue weighted by atomic mass is 16.5. The van der Waals surface area contributed by atoms with E-state index in [9.17, 15) is 14.7 Å². The van der Waals surface area contributed by atoms with Crippen LogP contribution in [0.1, 0.15) is 66.1 Å². The smallest absolute Gasteiger partial charge is 0.409 e. The summed E-state index contributed by atoms with van der Waals surface area (Å²) in [6, 6.07) is 13.2. The van der Waals surface area contributed by atoms with Crippen LogP contribution in [0.4, 0.5) is 4.79 Å². The highest BCUT2D eigenvalue weighted by Gasteiger charge is 2.32. The molecule has 0 radical (unpaired) electrons. The minimum atomic E-state index is -0.676. The Morgan fingerprint density at radius 2 is 1.78 bits per heavy atom. The van der Waals surface area contributed by atoms with Gasteiger partial charge in [-0.05, 0) is 80.0 Å². The standard InChI is InChI=1S/C30H35N3O4/c1-37-30(36)32-15-14-21-12-13-26-27(25(21)18-32)31-28(22-8-10-23(11-9-22)29(34)35)33(26)17-19-6-7-20-4-2-3-5-24(20)16-19/h2-5,12-13,19,22-23H,6-11,14-18H2,1H3,(H,34,35)/t19-,22-,23-/m1/s1. The van der Waals surface area contributed by atoms with Crippen molar-refractivity contribution in [3.8, 4) is 0 Å². The van der Waals surface area contributed by atoms with Crippen LogP contribution >= 0.6 is 0 Å². The van der Waals surface area contributed by atoms with Gasteiger partial charge in [-0.2, -0.15) is 0 Å². The van der Waals surface area contributed by atoms with Gasteiger partial charge in [-0.1, -0.05) is 30.3 Å². The number of rotatable bonds is 4. The van der Waals surface area contributed by atoms with E-state index in [0.717, 1.165) is 67.5 Å². The van der Waals surface area contributed by atoms with E-state index in [4.69, 9.17) is 9.72 Å². The van der Waals surface area contributed by atoms with E-state index in [1.807, 2.05) is 0 Å². The zero-order valence-corrected chi connectivity index (χ0v) is 21.5. The van der Waals surface area contributed by atoms with Crippen molar-refractivity contribution < 1.29 is 19.4 Å². The van der Waals surface area contributed by atoms with E-state index in [0.29, 0.717) is 31.8 Å². The summed E-state index contributed by atoms with van der Waals surface area (Å²) in [7, 11) is 1.43. The van der Waals surface area contributed by atoms with Gasteiger partial charge < -0.3 is 19.3 Å². The van der Waals surface area contributed by atoms with Gasteiger partial charge >= 0.3 is 12.1 Å². The predicted molar refractivity (Wildman–Crippen MR) is 141 cm³/mol. The summed E-state index contributed by atoms with van der Waals surface area (Å²) >= 11 is 0. The van der Waals surface area contributed by atoms with Gasteiger partial charge in [0.25, 0.3) is 0 Å². The first-order valence-corrected chi connectivity index (χ1v) is 13.6. The lowest BCUT2D eigenvalue weighted by Gasteiger charge is -2.29. The van der Waals surface area contributed by atoms with E-state index in [2.05, 4.69) is 41.0 Å². The van der Waals surface area contributed by atoms with Gasteiger partial charge in [0.15, 0.2) is 0 Å². The fourth-order valence-corrected chi connectivity index (χ4v) is 6.82. The van der Waals surface area contributed by atoms with Crippen molar-refractivity contribution in [1.82, 2.24) is 14.5 Å². The second-order valence-electron chi connectivity index (χ2n) is 11.1. The lowest BCUT2D eigenvalue weighted by Crippen LogP contribution is -2.35. The van der Waals surface area contributed by atoms with Crippen LogP contribution in [-0.4, -0.2) is 45.3 Å². The Labute approximate surface area is 217 Å². The highest BCUT2D eigenvalue weighted by molar-refractivity contribution is 5.82. The number of fused-ring (bicyclic) bond motifs is 4. The van der Waals surface area contributed by atoms with Gasteiger partial charge in [-0.25, -0.2) is 9.78 Å². The Bertz CT molecular complexity index is 1340. The van der Waals surface area contributed by atoms with E-state index < -0.39 is 5.97 Å². The molecule has 2 aliphatic carbocycles. The van der Waals surface area contributed by atoms with Crippen molar-refractivity contribution in [3.63, 3.8) is 0 Å². The van der Waals surface area contributed by atoms with E-state index in [1.165, 1.54) is 23.8 Å². The van der Waals surface area contributed by atoms with Crippen molar-refractivity contribution in [2.45, 2.75) is 70.4 Å². The maximum Gasteiger partial charge on any atom is 0.409 e. The lowest BCUT2D eigenvalue weighted by atomic mass is 9.81. The molecule has 2 aromatic carbocycles. The molecule has 1 atom stereocenters. The number of aryl methyl sites for hydroxylation is 1. The molecule has 3 aliphatic rings. The lowest BCUT2D eigenvalue weighted by molar-refractivity contribution is -0.142. The molecule has 1 amide bonds. The van der Waals surface area contributed by atoms with Crippen LogP contribution in [0, 0.1) is 11.8 Å². The second kappa shape index (κ2) is 9.84. The zero-order chi connectivity index (χ0) is 25.5. The van der Waals surface area contributed by atoms with Gasteiger partial charge in [0.2, 0.25) is 0 Å². The number of methoxy groups -OCH3 is 1. The molecule has 2 heterocycles. The number of carbonyl (C=O) groups excluding carboxylic acids is 1. The van der Waals surface area contributed by atoms with E-state index >= 15 is 0 Å². The minimum absolute atomic E-state index is 0.245. The van der Waals surface area contributed by atoms with Crippen molar-refractivity contribution >= 4 is 23.1 Å². The average molecular weight is 502 g/mol. The third kappa shape index (κ3) is 4.49. The number of aliphatic carboxylic acids is 1. The van der Waals surface area contributed by atoms with Gasteiger partial charge in [0.1, 0.15) is 5.82 Å². The molecule has 7 heteroatoms. The third-order valence-corrected chi connectivity index (χ3v) is 8.92. The maximum atomic E-state index is 12.3. The van der Waals surface area contributed by atoms with Crippen LogP contribution < -0.4 is 0 Å². The molecule has 6 rings (SSSR count). The molecule has 194 valence electrons. The number of nitrogens with zero attached hydrogens (tertiary/aromatic N) is 3. The van der Waals surface area contributed by atoms with Gasteiger partial charge in [-0.15, -0.1) is 0 Å². The van der Waals surface area contributed by atoms with Crippen LogP contribution in [0.5, 0.6) is 0 Å². The number of amides is 1. The Morgan fingerprint density at radius 1 is 1.00 bits per heavy atom. The van der Waals surface area contributed by atoms with Crippen molar-refractivity contribution in [2.75, 3.05) is 13.7 Å². The number of carboxylic acid groups (broad SMARTS) is 1. The normalized spacial score (nSPS) is 23.4. The van der Waals surface area contributed by atoms with Crippen LogP contribution in [-0.2, 0) is 41.9 Å². The zero-order valence-electron chi connectivity index (χ0n) is 21.5. The van der Waals surface area contributed by atoms with Gasteiger partial charge in [0, 0.05) is 24.6 Å². The molecule has 7 nitrogen and oxygen atoms in total. The van der Waals surface area contributed by atoms with Crippen molar-refractivity contribution in [1.29, 1.82) is 0 Å². The summed E-state index contributed by atoms with van der Waals surface area (Å²) in [5.41, 5.74) is 7.45. The molecule has 1 N–H and O–H groups in total. The first kappa shape index (κ1) is 24.0. The van der Waals surface area contributed by atoms with Crippen LogP contribution in [0.2, 0.25) is 0 Å². The quantitative estimate of drug-likeness (QED) is 0.523. The molecule has 1 saturated carbocycles. The molecular weight excluding hydrogens is 466 g/mol. The summed E-state index contributed by atoms with van der Waals surface area (Å²) in [6.45, 7) is 2.08. The molecule has 1 aliphatic heterocycles. The monoisotopic (exact) mass is 501 g/mol. The molecular formula is C30H35N3O4. The Kier molecular flexibility index (Phi) is 6.39. The van der Waals surface area contributed by atoms with Gasteiger partial charge in [-0.3, -0.25) is 4.79 Å². The third-order valence-electron chi connectivity index (χ3n) is 8.92. The summed E-state index contributed by atoms with van der Waals surface area (Å²) < 4.78 is 7.45. The van der Waals surface area contributed by atoms with Crippen LogP contribution in [0.3, 0.4) is 0 Å². The Morgan fingerprint density at radius 3 is 2.54 bits per heavy atom. The number of hydrogen-bond acceptors (Lipinski definition) is 4. The highest BCUT2D eigenvalue weighted by Crippen LogP contribution is 2.39. The summed E-state index contributed by atoms with van der Waals surface area (Å²) in [5, 5.41) is 9.52. The summed E-state index contributed by atoms with van der Waals surface area (Å²) in [5.74, 6) is 0.968. The number of carboxylic acids is 1. The number of imidazole rings is 1. The molecule has 3 aromatic rings. The Balaban J connectivity index is 1.37. The topological polar surface area (TPSA) is 84.7 Å². The number of ether oxygens (including phenoxy) is 1. The number of benzene rings is 2. The summed E-state index contributed by atoms with van der Waals surface area (Å²) in [6.07, 6.45) is 6.94. The van der Waals surface area contributed by atoms with Crippen molar-refractivity contribution in [2.24, 2.45) is 11.8 Å². The van der Waals surface area contributed by atoms with Crippen molar-refractivity contribution in [3.05, 3.63) is 64.5 Å². The molecule has 0 spiro atoms. The van der Waals surface area contributed by atoms with Crippen LogP contribution in [0.15, 0.2) is 36.4 Å².